The normalized spacial score (nSPS) is 17.5. The second-order valence-corrected chi connectivity index (χ2v) is 5.58. The molecule has 0 aliphatic carbocycles. The molecule has 1 heterocycles. The molecule has 2 amide bonds. The Hall–Kier alpha value is -2.37. The molecule has 1 aromatic rings. The van der Waals surface area contributed by atoms with Gasteiger partial charge in [0.2, 0.25) is 5.91 Å². The summed E-state index contributed by atoms with van der Waals surface area (Å²) < 4.78 is 4.64. The molecule has 2 rings (SSSR count). The van der Waals surface area contributed by atoms with E-state index in [0.717, 1.165) is 12.8 Å². The number of esters is 1. The van der Waals surface area contributed by atoms with Crippen LogP contribution in [0.25, 0.3) is 0 Å². The van der Waals surface area contributed by atoms with Gasteiger partial charge in [0.25, 0.3) is 5.91 Å². The lowest BCUT2D eigenvalue weighted by Crippen LogP contribution is -2.49. The quantitative estimate of drug-likeness (QED) is 0.856. The largest absolute Gasteiger partial charge is 0.465 e. The molecule has 0 bridgehead atoms. The van der Waals surface area contributed by atoms with Gasteiger partial charge >= 0.3 is 5.97 Å². The minimum atomic E-state index is -0.427. The number of hydrogen-bond acceptors (Lipinski definition) is 4. The monoisotopic (exact) mass is 318 g/mol. The molecule has 1 atom stereocenters. The second-order valence-electron chi connectivity index (χ2n) is 5.58. The van der Waals surface area contributed by atoms with Gasteiger partial charge in [-0.2, -0.15) is 0 Å². The summed E-state index contributed by atoms with van der Waals surface area (Å²) in [7, 11) is 1.32. The Labute approximate surface area is 135 Å². The second kappa shape index (κ2) is 7.76. The number of benzene rings is 1. The van der Waals surface area contributed by atoms with E-state index in [0.29, 0.717) is 30.6 Å². The lowest BCUT2D eigenvalue weighted by Gasteiger charge is -2.33. The van der Waals surface area contributed by atoms with Crippen LogP contribution in [0, 0.1) is 0 Å². The summed E-state index contributed by atoms with van der Waals surface area (Å²) in [6, 6.07) is 6.43. The number of rotatable bonds is 4. The molecule has 23 heavy (non-hydrogen) atoms. The molecule has 1 fully saturated rings. The SMILES string of the molecule is CCC(=O)N[C@H]1CCCN(C(=O)c2ccc(C(=O)OC)cc2)C1. The molecule has 124 valence electrons. The zero-order valence-electron chi connectivity index (χ0n) is 13.5. The van der Waals surface area contributed by atoms with E-state index < -0.39 is 5.97 Å². The number of carbonyl (C=O) groups is 3. The number of nitrogens with one attached hydrogen (secondary N) is 1. The molecule has 1 aliphatic rings. The van der Waals surface area contributed by atoms with Crippen molar-refractivity contribution in [2.45, 2.75) is 32.2 Å². The van der Waals surface area contributed by atoms with Gasteiger partial charge in [0.05, 0.1) is 12.7 Å². The average molecular weight is 318 g/mol. The number of likely N-dealkylation sites (tertiary alicyclic amines) is 1. The van der Waals surface area contributed by atoms with Crippen molar-refractivity contribution in [2.75, 3.05) is 20.2 Å². The van der Waals surface area contributed by atoms with Crippen molar-refractivity contribution in [1.82, 2.24) is 10.2 Å². The van der Waals surface area contributed by atoms with Crippen LogP contribution in [0.15, 0.2) is 24.3 Å². The zero-order chi connectivity index (χ0) is 16.8. The number of methoxy groups -OCH3 is 1. The number of nitrogens with zero attached hydrogens (tertiary/aromatic N) is 1. The van der Waals surface area contributed by atoms with E-state index in [4.69, 9.17) is 0 Å². The van der Waals surface area contributed by atoms with Crippen molar-refractivity contribution < 1.29 is 19.1 Å². The highest BCUT2D eigenvalue weighted by atomic mass is 16.5. The fourth-order valence-electron chi connectivity index (χ4n) is 2.66. The van der Waals surface area contributed by atoms with E-state index in [2.05, 4.69) is 10.1 Å². The van der Waals surface area contributed by atoms with Crippen LogP contribution in [-0.2, 0) is 9.53 Å². The standard InChI is InChI=1S/C17H22N2O4/c1-3-15(20)18-14-5-4-10-19(11-14)16(21)12-6-8-13(9-7-12)17(22)23-2/h6-9,14H,3-5,10-11H2,1-2H3,(H,18,20)/t14-/m0/s1. The van der Waals surface area contributed by atoms with Crippen LogP contribution in [0.2, 0.25) is 0 Å². The summed E-state index contributed by atoms with van der Waals surface area (Å²) in [4.78, 5) is 37.2. The molecule has 0 radical (unpaired) electrons. The lowest BCUT2D eigenvalue weighted by molar-refractivity contribution is -0.121. The van der Waals surface area contributed by atoms with Gasteiger partial charge in [0, 0.05) is 31.1 Å². The van der Waals surface area contributed by atoms with E-state index in [1.807, 2.05) is 6.92 Å². The highest BCUT2D eigenvalue weighted by Crippen LogP contribution is 2.15. The third kappa shape index (κ3) is 4.31. The summed E-state index contributed by atoms with van der Waals surface area (Å²) >= 11 is 0. The first-order valence-electron chi connectivity index (χ1n) is 7.82. The Balaban J connectivity index is 2.01. The van der Waals surface area contributed by atoms with Crippen molar-refractivity contribution in [2.24, 2.45) is 0 Å². The van der Waals surface area contributed by atoms with Crippen molar-refractivity contribution in [1.29, 1.82) is 0 Å². The van der Waals surface area contributed by atoms with Gasteiger partial charge < -0.3 is 15.0 Å². The van der Waals surface area contributed by atoms with Crippen molar-refractivity contribution in [3.63, 3.8) is 0 Å². The third-order valence-corrected chi connectivity index (χ3v) is 3.95. The number of carbonyl (C=O) groups excluding carboxylic acids is 3. The molecule has 0 unspecified atom stereocenters. The predicted octanol–water partition coefficient (Wildman–Crippen LogP) is 1.60. The Kier molecular flexibility index (Phi) is 5.73. The molecule has 6 heteroatoms. The fourth-order valence-corrected chi connectivity index (χ4v) is 2.66. The topological polar surface area (TPSA) is 75.7 Å². The van der Waals surface area contributed by atoms with E-state index in [1.54, 1.807) is 29.2 Å². The molecular formula is C17H22N2O4. The number of hydrogen-bond donors (Lipinski definition) is 1. The molecular weight excluding hydrogens is 296 g/mol. The van der Waals surface area contributed by atoms with Crippen LogP contribution in [0.4, 0.5) is 0 Å². The number of amides is 2. The third-order valence-electron chi connectivity index (χ3n) is 3.95. The average Bonchev–Trinajstić information content (AvgIpc) is 2.60. The van der Waals surface area contributed by atoms with Gasteiger partial charge in [0.1, 0.15) is 0 Å². The summed E-state index contributed by atoms with van der Waals surface area (Å²) in [5.74, 6) is -0.507. The Morgan fingerprint density at radius 3 is 2.48 bits per heavy atom. The summed E-state index contributed by atoms with van der Waals surface area (Å²) in [5, 5.41) is 2.94. The van der Waals surface area contributed by atoms with E-state index >= 15 is 0 Å². The highest BCUT2D eigenvalue weighted by Gasteiger charge is 2.25. The molecule has 6 nitrogen and oxygen atoms in total. The molecule has 1 N–H and O–H groups in total. The van der Waals surface area contributed by atoms with Gasteiger partial charge in [-0.15, -0.1) is 0 Å². The lowest BCUT2D eigenvalue weighted by atomic mass is 10.0. The predicted molar refractivity (Wildman–Crippen MR) is 85.1 cm³/mol. The van der Waals surface area contributed by atoms with Crippen molar-refractivity contribution in [3.05, 3.63) is 35.4 Å². The summed E-state index contributed by atoms with van der Waals surface area (Å²) in [5.41, 5.74) is 0.941. The minimum Gasteiger partial charge on any atom is -0.465 e. The molecule has 1 saturated heterocycles. The van der Waals surface area contributed by atoms with Gasteiger partial charge in [-0.3, -0.25) is 9.59 Å². The first-order valence-corrected chi connectivity index (χ1v) is 7.82. The smallest absolute Gasteiger partial charge is 0.337 e. The van der Waals surface area contributed by atoms with Gasteiger partial charge in [-0.25, -0.2) is 4.79 Å². The van der Waals surface area contributed by atoms with E-state index in [1.165, 1.54) is 7.11 Å². The number of ether oxygens (including phenoxy) is 1. The first-order chi connectivity index (χ1) is 11.0. The van der Waals surface area contributed by atoms with Crippen LogP contribution in [0.3, 0.4) is 0 Å². The van der Waals surface area contributed by atoms with Crippen LogP contribution in [0.5, 0.6) is 0 Å². The molecule has 1 aromatic carbocycles. The maximum absolute atomic E-state index is 12.5. The zero-order valence-corrected chi connectivity index (χ0v) is 13.5. The maximum atomic E-state index is 12.5. The number of piperidine rings is 1. The first kappa shape index (κ1) is 17.0. The highest BCUT2D eigenvalue weighted by molar-refractivity contribution is 5.96. The van der Waals surface area contributed by atoms with Crippen LogP contribution in [-0.4, -0.2) is 48.9 Å². The summed E-state index contributed by atoms with van der Waals surface area (Å²) in [6.07, 6.45) is 2.19. The molecule has 0 aromatic heterocycles. The fraction of sp³-hybridized carbons (Fsp3) is 0.471. The van der Waals surface area contributed by atoms with Crippen LogP contribution in [0.1, 0.15) is 46.9 Å². The Bertz CT molecular complexity index is 583. The Morgan fingerprint density at radius 1 is 1.22 bits per heavy atom. The Morgan fingerprint density at radius 2 is 1.87 bits per heavy atom. The van der Waals surface area contributed by atoms with Crippen molar-refractivity contribution in [3.8, 4) is 0 Å². The van der Waals surface area contributed by atoms with Crippen molar-refractivity contribution >= 4 is 17.8 Å². The molecule has 0 spiro atoms. The van der Waals surface area contributed by atoms with Crippen LogP contribution < -0.4 is 5.32 Å². The van der Waals surface area contributed by atoms with Gasteiger partial charge in [-0.05, 0) is 37.1 Å². The maximum Gasteiger partial charge on any atom is 0.337 e. The van der Waals surface area contributed by atoms with E-state index in [9.17, 15) is 14.4 Å². The van der Waals surface area contributed by atoms with E-state index in [-0.39, 0.29) is 17.9 Å². The van der Waals surface area contributed by atoms with Gasteiger partial charge in [-0.1, -0.05) is 6.92 Å². The molecule has 1 aliphatic heterocycles. The summed E-state index contributed by atoms with van der Waals surface area (Å²) in [6.45, 7) is 3.00. The molecule has 0 saturated carbocycles. The van der Waals surface area contributed by atoms with Gasteiger partial charge in [0.15, 0.2) is 0 Å². The van der Waals surface area contributed by atoms with Crippen LogP contribution >= 0.6 is 0 Å². The minimum absolute atomic E-state index is 0.00623.